The molecule has 0 unspecified atom stereocenters. The van der Waals surface area contributed by atoms with Crippen LogP contribution in [0.15, 0.2) is 60.9 Å². The fourth-order valence-electron chi connectivity index (χ4n) is 3.96. The lowest BCUT2D eigenvalue weighted by atomic mass is 10.1. The van der Waals surface area contributed by atoms with E-state index in [2.05, 4.69) is 61.9 Å². The number of rotatable bonds is 7. The molecule has 2 aromatic carbocycles. The summed E-state index contributed by atoms with van der Waals surface area (Å²) < 4.78 is 5.44. The first kappa shape index (κ1) is 20.8. The van der Waals surface area contributed by atoms with Crippen LogP contribution in [0, 0.1) is 11.3 Å². The van der Waals surface area contributed by atoms with E-state index in [1.165, 1.54) is 5.69 Å². The minimum absolute atomic E-state index is 0.464. The molecule has 4 aromatic rings. The molecule has 0 atom stereocenters. The molecule has 1 aliphatic rings. The van der Waals surface area contributed by atoms with Crippen LogP contribution in [0.3, 0.4) is 0 Å². The minimum atomic E-state index is 0.464. The van der Waals surface area contributed by atoms with Crippen molar-refractivity contribution in [2.45, 2.75) is 6.42 Å². The Bertz CT molecular complexity index is 1270. The summed E-state index contributed by atoms with van der Waals surface area (Å²) in [7, 11) is 0. The Morgan fingerprint density at radius 2 is 1.94 bits per heavy atom. The molecule has 0 spiro atoms. The van der Waals surface area contributed by atoms with Gasteiger partial charge < -0.3 is 25.3 Å². The van der Waals surface area contributed by atoms with E-state index in [4.69, 9.17) is 15.0 Å². The average molecular weight is 440 g/mol. The topological polar surface area (TPSA) is 102 Å². The number of nitrogens with zero attached hydrogens (tertiary/aromatic N) is 4. The molecule has 0 bridgehead atoms. The van der Waals surface area contributed by atoms with Gasteiger partial charge in [-0.15, -0.1) is 0 Å². The van der Waals surface area contributed by atoms with Gasteiger partial charge in [-0.2, -0.15) is 5.26 Å². The van der Waals surface area contributed by atoms with Gasteiger partial charge in [0.05, 0.1) is 31.9 Å². The lowest BCUT2D eigenvalue weighted by molar-refractivity contribution is 0.122. The summed E-state index contributed by atoms with van der Waals surface area (Å²) in [5.74, 6) is 0.686. The Kier molecular flexibility index (Phi) is 6.04. The molecule has 3 heterocycles. The van der Waals surface area contributed by atoms with Crippen LogP contribution in [0.5, 0.6) is 0 Å². The molecule has 3 N–H and O–H groups in total. The highest BCUT2D eigenvalue weighted by Gasteiger charge is 2.12. The molecule has 0 saturated carbocycles. The third-order valence-corrected chi connectivity index (χ3v) is 5.64. The summed E-state index contributed by atoms with van der Waals surface area (Å²) in [4.78, 5) is 14.9. The molecule has 0 amide bonds. The van der Waals surface area contributed by atoms with Crippen LogP contribution >= 0.6 is 0 Å². The summed E-state index contributed by atoms with van der Waals surface area (Å²) in [5, 5.41) is 15.4. The number of H-pyrrole nitrogens is 1. The lowest BCUT2D eigenvalue weighted by Crippen LogP contribution is -2.36. The van der Waals surface area contributed by atoms with Gasteiger partial charge in [0.1, 0.15) is 11.3 Å². The quantitative estimate of drug-likeness (QED) is 0.364. The van der Waals surface area contributed by atoms with Crippen molar-refractivity contribution < 1.29 is 4.74 Å². The maximum atomic E-state index is 8.75. The van der Waals surface area contributed by atoms with Crippen LogP contribution in [0.4, 0.5) is 22.9 Å². The molecule has 2 aromatic heterocycles. The summed E-state index contributed by atoms with van der Waals surface area (Å²) >= 11 is 0. The van der Waals surface area contributed by atoms with Crippen LogP contribution in [0.2, 0.25) is 0 Å². The van der Waals surface area contributed by atoms with Crippen molar-refractivity contribution in [3.8, 4) is 17.2 Å². The van der Waals surface area contributed by atoms with Crippen molar-refractivity contribution in [2.75, 3.05) is 48.4 Å². The van der Waals surface area contributed by atoms with Crippen molar-refractivity contribution in [2.24, 2.45) is 0 Å². The van der Waals surface area contributed by atoms with E-state index in [-0.39, 0.29) is 0 Å². The maximum absolute atomic E-state index is 8.75. The first-order chi connectivity index (χ1) is 16.3. The number of ether oxygens (including phenoxy) is 1. The van der Waals surface area contributed by atoms with Crippen molar-refractivity contribution in [3.63, 3.8) is 0 Å². The number of anilines is 4. The number of nitrogens with one attached hydrogen (secondary N) is 3. The SMILES string of the molecule is N#CCCNc1cccc(-c2c[nH]c3ncc(Nc4ccc(N5CCOCC5)cc4)nc23)c1. The molecule has 1 fully saturated rings. The van der Waals surface area contributed by atoms with Crippen LogP contribution in [0.1, 0.15) is 6.42 Å². The first-order valence-electron chi connectivity index (χ1n) is 11.1. The molecule has 5 rings (SSSR count). The molecular formula is C25H25N7O. The van der Waals surface area contributed by atoms with Crippen molar-refractivity contribution in [1.29, 1.82) is 5.26 Å². The molecule has 1 saturated heterocycles. The standard InChI is InChI=1S/C25H25N7O/c26-9-2-10-27-20-4-1-3-18(15-20)22-16-28-25-24(22)31-23(17-29-25)30-19-5-7-21(8-6-19)32-11-13-33-14-12-32/h1,3-8,15-17,27H,2,10-14H2,(H,28,29)(H,30,31). The number of aromatic nitrogens is 3. The molecule has 1 aliphatic heterocycles. The Balaban J connectivity index is 1.35. The van der Waals surface area contributed by atoms with Crippen molar-refractivity contribution in [3.05, 3.63) is 60.9 Å². The predicted octanol–water partition coefficient (Wildman–Crippen LogP) is 4.53. The number of hydrogen-bond acceptors (Lipinski definition) is 7. The van der Waals surface area contributed by atoms with E-state index >= 15 is 0 Å². The van der Waals surface area contributed by atoms with E-state index < -0.39 is 0 Å². The van der Waals surface area contributed by atoms with E-state index in [1.807, 2.05) is 24.4 Å². The van der Waals surface area contributed by atoms with Crippen LogP contribution < -0.4 is 15.5 Å². The second-order valence-corrected chi connectivity index (χ2v) is 7.84. The van der Waals surface area contributed by atoms with Crippen molar-refractivity contribution >= 4 is 34.0 Å². The van der Waals surface area contributed by atoms with Gasteiger partial charge >= 0.3 is 0 Å². The van der Waals surface area contributed by atoms with Gasteiger partial charge in [0, 0.05) is 48.5 Å². The Morgan fingerprint density at radius 1 is 1.09 bits per heavy atom. The minimum Gasteiger partial charge on any atom is -0.384 e. The zero-order valence-electron chi connectivity index (χ0n) is 18.2. The summed E-state index contributed by atoms with van der Waals surface area (Å²) in [6.45, 7) is 3.99. The van der Waals surface area contributed by atoms with E-state index in [1.54, 1.807) is 6.20 Å². The van der Waals surface area contributed by atoms with Gasteiger partial charge in [-0.1, -0.05) is 12.1 Å². The van der Waals surface area contributed by atoms with Crippen LogP contribution in [-0.4, -0.2) is 47.8 Å². The fourth-order valence-corrected chi connectivity index (χ4v) is 3.96. The number of fused-ring (bicyclic) bond motifs is 1. The number of nitriles is 1. The van der Waals surface area contributed by atoms with Crippen LogP contribution in [0.25, 0.3) is 22.3 Å². The largest absolute Gasteiger partial charge is 0.384 e. The number of aromatic amines is 1. The molecule has 0 aliphatic carbocycles. The molecule has 33 heavy (non-hydrogen) atoms. The molecule has 8 nitrogen and oxygen atoms in total. The zero-order chi connectivity index (χ0) is 22.5. The summed E-state index contributed by atoms with van der Waals surface area (Å²) in [5.41, 5.74) is 6.68. The average Bonchev–Trinajstić information content (AvgIpc) is 3.29. The Labute approximate surface area is 192 Å². The Morgan fingerprint density at radius 3 is 2.76 bits per heavy atom. The molecule has 8 heteroatoms. The highest BCUT2D eigenvalue weighted by Crippen LogP contribution is 2.29. The van der Waals surface area contributed by atoms with Gasteiger partial charge in [-0.3, -0.25) is 0 Å². The predicted molar refractivity (Wildman–Crippen MR) is 131 cm³/mol. The molecule has 0 radical (unpaired) electrons. The van der Waals surface area contributed by atoms with Gasteiger partial charge in [0.2, 0.25) is 0 Å². The first-order valence-corrected chi connectivity index (χ1v) is 11.1. The zero-order valence-corrected chi connectivity index (χ0v) is 18.2. The van der Waals surface area contributed by atoms with E-state index in [0.29, 0.717) is 18.8 Å². The van der Waals surface area contributed by atoms with E-state index in [9.17, 15) is 0 Å². The lowest BCUT2D eigenvalue weighted by Gasteiger charge is -2.28. The second kappa shape index (κ2) is 9.59. The van der Waals surface area contributed by atoms with Crippen molar-refractivity contribution in [1.82, 2.24) is 15.0 Å². The molecule has 166 valence electrons. The van der Waals surface area contributed by atoms with Crippen LogP contribution in [-0.2, 0) is 4.74 Å². The van der Waals surface area contributed by atoms with Gasteiger partial charge in [0.25, 0.3) is 0 Å². The maximum Gasteiger partial charge on any atom is 0.156 e. The highest BCUT2D eigenvalue weighted by molar-refractivity contribution is 5.91. The fraction of sp³-hybridized carbons (Fsp3) is 0.240. The number of hydrogen-bond donors (Lipinski definition) is 3. The number of morpholine rings is 1. The monoisotopic (exact) mass is 439 g/mol. The van der Waals surface area contributed by atoms with Gasteiger partial charge in [-0.25, -0.2) is 9.97 Å². The summed E-state index contributed by atoms with van der Waals surface area (Å²) in [6.07, 6.45) is 4.13. The third kappa shape index (κ3) is 4.73. The highest BCUT2D eigenvalue weighted by atomic mass is 16.5. The van der Waals surface area contributed by atoms with E-state index in [0.717, 1.165) is 60.0 Å². The normalized spacial score (nSPS) is 13.6. The van der Waals surface area contributed by atoms with Gasteiger partial charge in [-0.05, 0) is 42.0 Å². The Hall–Kier alpha value is -4.09. The smallest absolute Gasteiger partial charge is 0.156 e. The van der Waals surface area contributed by atoms with Gasteiger partial charge in [0.15, 0.2) is 5.65 Å². The molecular weight excluding hydrogens is 414 g/mol. The summed E-state index contributed by atoms with van der Waals surface area (Å²) in [6, 6.07) is 18.6. The second-order valence-electron chi connectivity index (χ2n) is 7.84. The number of benzene rings is 2. The third-order valence-electron chi connectivity index (χ3n) is 5.64.